The van der Waals surface area contributed by atoms with Gasteiger partial charge in [-0.2, -0.15) is 0 Å². The van der Waals surface area contributed by atoms with E-state index < -0.39 is 0 Å². The number of ketones is 1. The molecule has 0 fully saturated rings. The van der Waals surface area contributed by atoms with E-state index in [1.165, 1.54) is 0 Å². The third-order valence-corrected chi connectivity index (χ3v) is 8.26. The van der Waals surface area contributed by atoms with Gasteiger partial charge in [-0.15, -0.1) is 0 Å². The van der Waals surface area contributed by atoms with Gasteiger partial charge in [0.25, 0.3) is 0 Å². The number of nitrogens with zero attached hydrogens (tertiary/aromatic N) is 5. The molecule has 207 valence electrons. The summed E-state index contributed by atoms with van der Waals surface area (Å²) in [7, 11) is 15.7. The minimum atomic E-state index is -0.111. The van der Waals surface area contributed by atoms with Crippen LogP contribution in [0.2, 0.25) is 0 Å². The van der Waals surface area contributed by atoms with Gasteiger partial charge in [0, 0.05) is 0 Å². The van der Waals surface area contributed by atoms with Crippen LogP contribution in [0.15, 0.2) is 26.8 Å². The molecule has 14 heteroatoms. The number of hydrogen-bond acceptors (Lipinski definition) is 9. The van der Waals surface area contributed by atoms with E-state index in [0.717, 1.165) is 29.4 Å². The van der Waals surface area contributed by atoms with E-state index in [0.29, 0.717) is 64.3 Å². The topological polar surface area (TPSA) is 94.8 Å². The zero-order valence-corrected chi connectivity index (χ0v) is 25.4. The number of hydrogen-bond donors (Lipinski definition) is 0. The third kappa shape index (κ3) is 19.1. The normalized spacial score (nSPS) is 11.7. The summed E-state index contributed by atoms with van der Waals surface area (Å²) < 4.78 is 0. The fourth-order valence-electron chi connectivity index (χ4n) is 3.47. The molecule has 0 saturated carbocycles. The molecular formula is C24H41B3N5O3S3. The van der Waals surface area contributed by atoms with Crippen molar-refractivity contribution in [2.45, 2.75) is 32.6 Å². The summed E-state index contributed by atoms with van der Waals surface area (Å²) in [6.45, 7) is 4.94. The van der Waals surface area contributed by atoms with Crippen molar-refractivity contribution in [2.24, 2.45) is 20.6 Å². The van der Waals surface area contributed by atoms with Gasteiger partial charge >= 0.3 is 246 Å². The first-order chi connectivity index (χ1) is 18.4. The molecular weight excluding hydrogens is 535 g/mol. The Morgan fingerprint density at radius 2 is 1.45 bits per heavy atom. The van der Waals surface area contributed by atoms with Crippen molar-refractivity contribution < 1.29 is 14.4 Å². The van der Waals surface area contributed by atoms with Crippen LogP contribution in [0.25, 0.3) is 0 Å². The maximum atomic E-state index is 12.8. The Labute approximate surface area is 245 Å². The van der Waals surface area contributed by atoms with Crippen molar-refractivity contribution in [2.75, 3.05) is 80.8 Å². The third-order valence-electron chi connectivity index (χ3n) is 5.69. The standard InChI is InChI=1S/C24H41B3N5O3S3/c1-3-4-11-31(24(35)20-30-27)13-18-38-17-8-23(34)32(12-10-29-26)14-19-37-16-7-22(33)21(5-9-28-25)6-15-36-2/h3-4,21H,5-20H2,1-2H3/b4-3+. The van der Waals surface area contributed by atoms with Crippen molar-refractivity contribution in [3.8, 4) is 0 Å². The average Bonchev–Trinajstić information content (AvgIpc) is 2.91. The van der Waals surface area contributed by atoms with Crippen LogP contribution in [-0.4, -0.2) is 131 Å². The average molecular weight is 576 g/mol. The Hall–Kier alpha value is -1.01. The first-order valence-electron chi connectivity index (χ1n) is 12.9. The van der Waals surface area contributed by atoms with Crippen molar-refractivity contribution in [1.82, 2.24) is 9.80 Å². The van der Waals surface area contributed by atoms with Gasteiger partial charge < -0.3 is 0 Å². The summed E-state index contributed by atoms with van der Waals surface area (Å²) in [6, 6.07) is 0. The molecule has 0 spiro atoms. The van der Waals surface area contributed by atoms with Crippen molar-refractivity contribution in [3.05, 3.63) is 12.2 Å². The van der Waals surface area contributed by atoms with Crippen molar-refractivity contribution in [3.63, 3.8) is 0 Å². The quantitative estimate of drug-likeness (QED) is 0.0894. The van der Waals surface area contributed by atoms with Crippen LogP contribution in [0.1, 0.15) is 32.6 Å². The number of amides is 2. The number of carbonyl (C=O) groups is 3. The molecule has 3 radical (unpaired) electrons. The molecule has 0 N–H and O–H groups in total. The van der Waals surface area contributed by atoms with E-state index in [1.54, 1.807) is 45.1 Å². The predicted molar refractivity (Wildman–Crippen MR) is 167 cm³/mol. The van der Waals surface area contributed by atoms with Gasteiger partial charge in [-0.05, 0) is 0 Å². The Balaban J connectivity index is 4.45. The Kier molecular flexibility index (Phi) is 25.5. The molecule has 0 saturated heterocycles. The number of thioether (sulfide) groups is 3. The van der Waals surface area contributed by atoms with Crippen LogP contribution in [0.5, 0.6) is 0 Å². The second-order valence-electron chi connectivity index (χ2n) is 8.40. The van der Waals surface area contributed by atoms with Gasteiger partial charge in [-0.3, -0.25) is 0 Å². The molecule has 0 aromatic carbocycles. The number of rotatable bonds is 26. The first-order valence-corrected chi connectivity index (χ1v) is 16.6. The predicted octanol–water partition coefficient (Wildman–Crippen LogP) is 2.85. The van der Waals surface area contributed by atoms with Crippen LogP contribution < -0.4 is 0 Å². The van der Waals surface area contributed by atoms with E-state index in [1.807, 2.05) is 25.3 Å². The van der Waals surface area contributed by atoms with Gasteiger partial charge in [0.15, 0.2) is 0 Å². The summed E-state index contributed by atoms with van der Waals surface area (Å²) in [5.41, 5.74) is 0. The molecule has 0 aliphatic heterocycles. The Morgan fingerprint density at radius 1 is 0.789 bits per heavy atom. The molecule has 2 amide bonds. The molecule has 38 heavy (non-hydrogen) atoms. The van der Waals surface area contributed by atoms with Crippen LogP contribution >= 0.6 is 35.3 Å². The Bertz CT molecular complexity index is 750. The molecule has 0 aromatic heterocycles. The molecule has 0 aromatic rings. The fourth-order valence-corrected chi connectivity index (χ4v) is 5.77. The van der Waals surface area contributed by atoms with Crippen molar-refractivity contribution in [1.29, 1.82) is 0 Å². The molecule has 8 nitrogen and oxygen atoms in total. The van der Waals surface area contributed by atoms with E-state index in [2.05, 4.69) is 14.7 Å². The zero-order valence-electron chi connectivity index (χ0n) is 23.0. The molecule has 0 heterocycles. The van der Waals surface area contributed by atoms with Crippen LogP contribution in [0.4, 0.5) is 0 Å². The van der Waals surface area contributed by atoms with Crippen LogP contribution in [0, 0.1) is 5.92 Å². The van der Waals surface area contributed by atoms with Gasteiger partial charge in [0.1, 0.15) is 0 Å². The van der Waals surface area contributed by atoms with Crippen molar-refractivity contribution >= 4 is 75.8 Å². The molecule has 0 aliphatic rings. The van der Waals surface area contributed by atoms with Crippen LogP contribution in [0.3, 0.4) is 0 Å². The summed E-state index contributed by atoms with van der Waals surface area (Å²) >= 11 is 5.05. The first kappa shape index (κ1) is 37.0. The van der Waals surface area contributed by atoms with E-state index in [4.69, 9.17) is 22.9 Å². The van der Waals surface area contributed by atoms with Gasteiger partial charge in [0.05, 0.1) is 0 Å². The molecule has 1 atom stereocenters. The van der Waals surface area contributed by atoms with Gasteiger partial charge in [0.2, 0.25) is 0 Å². The monoisotopic (exact) mass is 576 g/mol. The maximum absolute atomic E-state index is 12.8. The molecule has 0 bridgehead atoms. The Morgan fingerprint density at radius 3 is 2.05 bits per heavy atom. The summed E-state index contributed by atoms with van der Waals surface area (Å²) in [6.07, 6.45) is 8.34. The number of carbonyl (C=O) groups excluding carboxylic acids is 3. The van der Waals surface area contributed by atoms with E-state index >= 15 is 0 Å². The van der Waals surface area contributed by atoms with E-state index in [9.17, 15) is 14.4 Å². The summed E-state index contributed by atoms with van der Waals surface area (Å²) in [5.74, 6) is 4.05. The second-order valence-corrected chi connectivity index (χ2v) is 11.8. The van der Waals surface area contributed by atoms with Gasteiger partial charge in [-0.1, -0.05) is 0 Å². The molecule has 1 unspecified atom stereocenters. The summed E-state index contributed by atoms with van der Waals surface area (Å²) in [4.78, 5) is 51.7. The fraction of sp³-hybridized carbons (Fsp3) is 0.792. The number of allylic oxidation sites excluding steroid dienone is 1. The molecule has 0 aliphatic carbocycles. The SMILES string of the molecule is [B]=NCCC(CCSC)C(=O)CCSCCN(CCN=[B])C(=O)CCSCCN(C/C=C/C)C(=O)CN=[B]. The zero-order chi connectivity index (χ0) is 28.4. The summed E-state index contributed by atoms with van der Waals surface area (Å²) in [5, 5.41) is 0. The van der Waals surface area contributed by atoms with Crippen LogP contribution in [-0.2, 0) is 14.4 Å². The van der Waals surface area contributed by atoms with Gasteiger partial charge in [-0.25, -0.2) is 0 Å². The van der Waals surface area contributed by atoms with E-state index in [-0.39, 0.29) is 30.1 Å². The minimum absolute atomic E-state index is 0.0149. The second kappa shape index (κ2) is 26.2. The molecule has 0 rings (SSSR count). The number of Topliss-reactive ketones (excluding diaryl/α,β-unsaturated/α-hetero) is 1.